The standard InChI is InChI=1S/C11H17N3O/c1-4-14(5-2)13-11(15)10-6-7-12-9(3)8-10/h6-8H,4-5H2,1-3H3,(H,13,15). The molecular formula is C11H17N3O. The van der Waals surface area contributed by atoms with Crippen molar-refractivity contribution >= 4 is 5.91 Å². The van der Waals surface area contributed by atoms with Crippen molar-refractivity contribution in [2.75, 3.05) is 13.1 Å². The van der Waals surface area contributed by atoms with Gasteiger partial charge in [0.25, 0.3) is 5.91 Å². The lowest BCUT2D eigenvalue weighted by Crippen LogP contribution is -2.41. The Morgan fingerprint density at radius 3 is 2.67 bits per heavy atom. The monoisotopic (exact) mass is 207 g/mol. The second-order valence-corrected chi connectivity index (χ2v) is 3.30. The highest BCUT2D eigenvalue weighted by Crippen LogP contribution is 2.00. The van der Waals surface area contributed by atoms with Crippen LogP contribution in [-0.2, 0) is 0 Å². The Kier molecular flexibility index (Phi) is 4.24. The van der Waals surface area contributed by atoms with Crippen LogP contribution in [0.1, 0.15) is 29.9 Å². The summed E-state index contributed by atoms with van der Waals surface area (Å²) in [7, 11) is 0. The number of hydrazine groups is 1. The highest BCUT2D eigenvalue weighted by molar-refractivity contribution is 5.93. The van der Waals surface area contributed by atoms with Crippen molar-refractivity contribution in [1.82, 2.24) is 15.4 Å². The van der Waals surface area contributed by atoms with Crippen LogP contribution >= 0.6 is 0 Å². The molecule has 1 aromatic heterocycles. The number of carbonyl (C=O) groups excluding carboxylic acids is 1. The fourth-order valence-corrected chi connectivity index (χ4v) is 1.28. The smallest absolute Gasteiger partial charge is 0.265 e. The zero-order valence-electron chi connectivity index (χ0n) is 9.45. The Hall–Kier alpha value is -1.42. The molecular weight excluding hydrogens is 190 g/mol. The van der Waals surface area contributed by atoms with E-state index in [1.54, 1.807) is 18.3 Å². The molecule has 4 nitrogen and oxygen atoms in total. The normalized spacial score (nSPS) is 10.4. The second-order valence-electron chi connectivity index (χ2n) is 3.30. The van der Waals surface area contributed by atoms with Crippen molar-refractivity contribution in [1.29, 1.82) is 0 Å². The summed E-state index contributed by atoms with van der Waals surface area (Å²) in [5, 5.41) is 1.86. The van der Waals surface area contributed by atoms with Gasteiger partial charge in [-0.05, 0) is 19.1 Å². The molecule has 0 saturated carbocycles. The first-order chi connectivity index (χ1) is 7.17. The van der Waals surface area contributed by atoms with Gasteiger partial charge in [-0.15, -0.1) is 0 Å². The number of rotatable bonds is 4. The Morgan fingerprint density at radius 2 is 2.13 bits per heavy atom. The van der Waals surface area contributed by atoms with Crippen LogP contribution in [0.2, 0.25) is 0 Å². The van der Waals surface area contributed by atoms with Gasteiger partial charge in [-0.3, -0.25) is 15.2 Å². The highest BCUT2D eigenvalue weighted by atomic mass is 16.2. The number of pyridine rings is 1. The van der Waals surface area contributed by atoms with Crippen molar-refractivity contribution in [2.24, 2.45) is 0 Å². The predicted octanol–water partition coefficient (Wildman–Crippen LogP) is 1.38. The number of nitrogens with one attached hydrogen (secondary N) is 1. The lowest BCUT2D eigenvalue weighted by Gasteiger charge is -2.19. The van der Waals surface area contributed by atoms with Gasteiger partial charge >= 0.3 is 0 Å². The molecule has 1 N–H and O–H groups in total. The predicted molar refractivity (Wildman–Crippen MR) is 59.4 cm³/mol. The summed E-state index contributed by atoms with van der Waals surface area (Å²) in [6, 6.07) is 3.49. The average Bonchev–Trinajstić information content (AvgIpc) is 2.25. The molecule has 0 aliphatic rings. The first-order valence-corrected chi connectivity index (χ1v) is 5.16. The van der Waals surface area contributed by atoms with Crippen LogP contribution in [0.15, 0.2) is 18.3 Å². The maximum Gasteiger partial charge on any atom is 0.265 e. The van der Waals surface area contributed by atoms with E-state index >= 15 is 0 Å². The largest absolute Gasteiger partial charge is 0.285 e. The molecule has 1 rings (SSSR count). The number of carbonyl (C=O) groups is 1. The van der Waals surface area contributed by atoms with E-state index < -0.39 is 0 Å². The minimum Gasteiger partial charge on any atom is -0.285 e. The molecule has 1 amide bonds. The maximum absolute atomic E-state index is 11.7. The highest BCUT2D eigenvalue weighted by Gasteiger charge is 2.08. The minimum absolute atomic E-state index is 0.0794. The van der Waals surface area contributed by atoms with Crippen molar-refractivity contribution in [2.45, 2.75) is 20.8 Å². The Morgan fingerprint density at radius 1 is 1.47 bits per heavy atom. The van der Waals surface area contributed by atoms with Gasteiger partial charge in [0.15, 0.2) is 0 Å². The lowest BCUT2D eigenvalue weighted by molar-refractivity contribution is 0.0805. The summed E-state index contributed by atoms with van der Waals surface area (Å²) in [5.41, 5.74) is 4.32. The molecule has 0 unspecified atom stereocenters. The Labute approximate surface area is 90.3 Å². The molecule has 4 heteroatoms. The van der Waals surface area contributed by atoms with Crippen LogP contribution in [0.5, 0.6) is 0 Å². The molecule has 0 bridgehead atoms. The zero-order valence-corrected chi connectivity index (χ0v) is 9.45. The molecule has 0 aromatic carbocycles. The molecule has 0 aliphatic carbocycles. The number of amides is 1. The number of hydrogen-bond donors (Lipinski definition) is 1. The van der Waals surface area contributed by atoms with Crippen LogP contribution in [0.3, 0.4) is 0 Å². The molecule has 0 fully saturated rings. The Bertz CT molecular complexity index is 334. The van der Waals surface area contributed by atoms with E-state index in [0.29, 0.717) is 5.56 Å². The van der Waals surface area contributed by atoms with E-state index in [9.17, 15) is 4.79 Å². The van der Waals surface area contributed by atoms with Gasteiger partial charge in [0.05, 0.1) is 0 Å². The van der Waals surface area contributed by atoms with Gasteiger partial charge in [-0.2, -0.15) is 0 Å². The van der Waals surface area contributed by atoms with E-state index in [2.05, 4.69) is 10.4 Å². The zero-order chi connectivity index (χ0) is 11.3. The quantitative estimate of drug-likeness (QED) is 0.759. The first kappa shape index (κ1) is 11.7. The van der Waals surface area contributed by atoms with Crippen LogP contribution in [0, 0.1) is 6.92 Å². The summed E-state index contributed by atoms with van der Waals surface area (Å²) >= 11 is 0. The number of hydrogen-bond acceptors (Lipinski definition) is 3. The third-order valence-electron chi connectivity index (χ3n) is 2.18. The first-order valence-electron chi connectivity index (χ1n) is 5.16. The average molecular weight is 207 g/mol. The molecule has 1 heterocycles. The molecule has 0 spiro atoms. The van der Waals surface area contributed by atoms with Gasteiger partial charge in [0.1, 0.15) is 0 Å². The summed E-state index contributed by atoms with van der Waals surface area (Å²) < 4.78 is 0. The van der Waals surface area contributed by atoms with Crippen LogP contribution in [0.25, 0.3) is 0 Å². The molecule has 15 heavy (non-hydrogen) atoms. The topological polar surface area (TPSA) is 45.2 Å². The van der Waals surface area contributed by atoms with E-state index in [0.717, 1.165) is 18.8 Å². The van der Waals surface area contributed by atoms with Crippen molar-refractivity contribution in [3.05, 3.63) is 29.6 Å². The maximum atomic E-state index is 11.7. The van der Waals surface area contributed by atoms with Crippen LogP contribution < -0.4 is 5.43 Å². The lowest BCUT2D eigenvalue weighted by atomic mass is 10.2. The molecule has 1 aromatic rings. The van der Waals surface area contributed by atoms with E-state index in [4.69, 9.17) is 0 Å². The van der Waals surface area contributed by atoms with Crippen molar-refractivity contribution < 1.29 is 4.79 Å². The van der Waals surface area contributed by atoms with Crippen molar-refractivity contribution in [3.8, 4) is 0 Å². The van der Waals surface area contributed by atoms with Crippen LogP contribution in [0.4, 0.5) is 0 Å². The fraction of sp³-hybridized carbons (Fsp3) is 0.455. The van der Waals surface area contributed by atoms with E-state index in [1.165, 1.54) is 0 Å². The Balaban J connectivity index is 2.68. The SMILES string of the molecule is CCN(CC)NC(=O)c1ccnc(C)c1. The molecule has 0 saturated heterocycles. The van der Waals surface area contributed by atoms with Gasteiger partial charge in [0, 0.05) is 30.5 Å². The van der Waals surface area contributed by atoms with Gasteiger partial charge < -0.3 is 0 Å². The van der Waals surface area contributed by atoms with E-state index in [-0.39, 0.29) is 5.91 Å². The van der Waals surface area contributed by atoms with Crippen molar-refractivity contribution in [3.63, 3.8) is 0 Å². The second kappa shape index (κ2) is 5.46. The molecule has 82 valence electrons. The summed E-state index contributed by atoms with van der Waals surface area (Å²) in [6.45, 7) is 7.47. The third kappa shape index (κ3) is 3.32. The minimum atomic E-state index is -0.0794. The molecule has 0 aliphatic heterocycles. The third-order valence-corrected chi connectivity index (χ3v) is 2.18. The summed E-state index contributed by atoms with van der Waals surface area (Å²) in [6.07, 6.45) is 1.65. The van der Waals surface area contributed by atoms with Gasteiger partial charge in [0.2, 0.25) is 0 Å². The summed E-state index contributed by atoms with van der Waals surface area (Å²) in [4.78, 5) is 15.8. The van der Waals surface area contributed by atoms with E-state index in [1.807, 2.05) is 25.8 Å². The molecule has 0 radical (unpaired) electrons. The van der Waals surface area contributed by atoms with Gasteiger partial charge in [-0.25, -0.2) is 5.01 Å². The summed E-state index contributed by atoms with van der Waals surface area (Å²) in [5.74, 6) is -0.0794. The number of nitrogens with zero attached hydrogens (tertiary/aromatic N) is 2. The number of aryl methyl sites for hydroxylation is 1. The van der Waals surface area contributed by atoms with Crippen LogP contribution in [-0.4, -0.2) is 29.0 Å². The van der Waals surface area contributed by atoms with Gasteiger partial charge in [-0.1, -0.05) is 13.8 Å². The number of aromatic nitrogens is 1. The molecule has 0 atom stereocenters. The fourth-order valence-electron chi connectivity index (χ4n) is 1.28.